The highest BCUT2D eigenvalue weighted by Crippen LogP contribution is 2.24. The normalized spacial score (nSPS) is 10.6. The van der Waals surface area contributed by atoms with Crippen LogP contribution in [0.2, 0.25) is 0 Å². The molecule has 0 saturated carbocycles. The van der Waals surface area contributed by atoms with Crippen LogP contribution in [0.5, 0.6) is 0 Å². The Hall–Kier alpha value is -1.89. The minimum absolute atomic E-state index is 0.108. The van der Waals surface area contributed by atoms with Gasteiger partial charge in [0.2, 0.25) is 0 Å². The molecule has 5 nitrogen and oxygen atoms in total. The number of hydrogen-bond donors (Lipinski definition) is 1. The number of benzene rings is 1. The fourth-order valence-corrected chi connectivity index (χ4v) is 2.08. The van der Waals surface area contributed by atoms with Gasteiger partial charge < -0.3 is 9.67 Å². The first-order valence-corrected chi connectivity index (χ1v) is 6.07. The molecule has 2 aromatic rings. The molecule has 0 spiro atoms. The first-order chi connectivity index (χ1) is 8.59. The van der Waals surface area contributed by atoms with Gasteiger partial charge in [0, 0.05) is 7.05 Å². The molecule has 1 N–H and O–H groups in total. The Morgan fingerprint density at radius 3 is 2.83 bits per heavy atom. The maximum absolute atomic E-state index is 13.6. The van der Waals surface area contributed by atoms with E-state index in [4.69, 9.17) is 5.11 Å². The predicted molar refractivity (Wildman–Crippen MR) is 64.8 cm³/mol. The molecule has 1 aromatic carbocycles. The third-order valence-electron chi connectivity index (χ3n) is 2.27. The van der Waals surface area contributed by atoms with Gasteiger partial charge in [0.15, 0.2) is 11.0 Å². The lowest BCUT2D eigenvalue weighted by Gasteiger charge is -2.03. The van der Waals surface area contributed by atoms with Crippen molar-refractivity contribution in [3.63, 3.8) is 0 Å². The molecule has 0 aliphatic carbocycles. The van der Waals surface area contributed by atoms with Crippen LogP contribution in [0.25, 0.3) is 11.4 Å². The van der Waals surface area contributed by atoms with Gasteiger partial charge in [-0.1, -0.05) is 23.9 Å². The molecule has 94 valence electrons. The molecule has 1 aromatic heterocycles. The van der Waals surface area contributed by atoms with Crippen LogP contribution in [-0.4, -0.2) is 31.6 Å². The van der Waals surface area contributed by atoms with Crippen molar-refractivity contribution in [1.82, 2.24) is 14.8 Å². The topological polar surface area (TPSA) is 68.0 Å². The minimum atomic E-state index is -0.935. The van der Waals surface area contributed by atoms with E-state index in [0.29, 0.717) is 16.5 Å². The van der Waals surface area contributed by atoms with Gasteiger partial charge in [-0.05, 0) is 12.1 Å². The SMILES string of the molecule is Cn1c(SCC(=O)O)nnc1-c1ccccc1F. The highest BCUT2D eigenvalue weighted by atomic mass is 32.2. The molecule has 1 heterocycles. The predicted octanol–water partition coefficient (Wildman–Crippen LogP) is 1.80. The summed E-state index contributed by atoms with van der Waals surface area (Å²) in [5.41, 5.74) is 0.342. The summed E-state index contributed by atoms with van der Waals surface area (Å²) < 4.78 is 15.2. The zero-order chi connectivity index (χ0) is 13.1. The van der Waals surface area contributed by atoms with Crippen LogP contribution >= 0.6 is 11.8 Å². The number of nitrogens with zero attached hydrogens (tertiary/aromatic N) is 3. The number of aliphatic carboxylic acids is 1. The summed E-state index contributed by atoms with van der Waals surface area (Å²) in [6, 6.07) is 6.24. The molecule has 0 atom stereocenters. The van der Waals surface area contributed by atoms with Gasteiger partial charge in [0.25, 0.3) is 0 Å². The Bertz CT molecular complexity index is 585. The summed E-state index contributed by atoms with van der Waals surface area (Å²) in [6.07, 6.45) is 0. The zero-order valence-corrected chi connectivity index (χ0v) is 10.3. The molecular formula is C11H10FN3O2S. The van der Waals surface area contributed by atoms with Crippen LogP contribution < -0.4 is 0 Å². The van der Waals surface area contributed by atoms with Gasteiger partial charge in [-0.3, -0.25) is 4.79 Å². The van der Waals surface area contributed by atoms with Crippen LogP contribution in [0, 0.1) is 5.82 Å². The highest BCUT2D eigenvalue weighted by molar-refractivity contribution is 7.99. The maximum Gasteiger partial charge on any atom is 0.313 e. The van der Waals surface area contributed by atoms with Crippen molar-refractivity contribution in [2.75, 3.05) is 5.75 Å². The van der Waals surface area contributed by atoms with Crippen LogP contribution in [-0.2, 0) is 11.8 Å². The van der Waals surface area contributed by atoms with Gasteiger partial charge in [-0.15, -0.1) is 10.2 Å². The third kappa shape index (κ3) is 2.51. The Morgan fingerprint density at radius 1 is 1.44 bits per heavy atom. The number of carbonyl (C=O) groups is 1. The first kappa shape index (κ1) is 12.6. The van der Waals surface area contributed by atoms with Gasteiger partial charge in [-0.2, -0.15) is 0 Å². The smallest absolute Gasteiger partial charge is 0.313 e. The van der Waals surface area contributed by atoms with E-state index >= 15 is 0 Å². The van der Waals surface area contributed by atoms with Crippen molar-refractivity contribution >= 4 is 17.7 Å². The van der Waals surface area contributed by atoms with Crippen LogP contribution in [0.15, 0.2) is 29.4 Å². The summed E-state index contributed by atoms with van der Waals surface area (Å²) >= 11 is 1.04. The van der Waals surface area contributed by atoms with E-state index < -0.39 is 5.97 Å². The second-order valence-electron chi connectivity index (χ2n) is 3.53. The second kappa shape index (κ2) is 5.18. The molecule has 7 heteroatoms. The Balaban J connectivity index is 2.31. The van der Waals surface area contributed by atoms with Crippen molar-refractivity contribution in [2.45, 2.75) is 5.16 Å². The molecule has 0 aliphatic heterocycles. The van der Waals surface area contributed by atoms with Gasteiger partial charge in [0.1, 0.15) is 5.82 Å². The van der Waals surface area contributed by atoms with Crippen LogP contribution in [0.4, 0.5) is 4.39 Å². The lowest BCUT2D eigenvalue weighted by molar-refractivity contribution is -0.133. The van der Waals surface area contributed by atoms with E-state index in [-0.39, 0.29) is 11.6 Å². The number of aromatic nitrogens is 3. The van der Waals surface area contributed by atoms with Crippen molar-refractivity contribution in [3.05, 3.63) is 30.1 Å². The molecule has 2 rings (SSSR count). The molecular weight excluding hydrogens is 257 g/mol. The van der Waals surface area contributed by atoms with Crippen LogP contribution in [0.1, 0.15) is 0 Å². The summed E-state index contributed by atoms with van der Waals surface area (Å²) in [4.78, 5) is 10.5. The standard InChI is InChI=1S/C11H10FN3O2S/c1-15-10(7-4-2-3-5-8(7)12)13-14-11(15)18-6-9(16)17/h2-5H,6H2,1H3,(H,16,17). The molecule has 0 aliphatic rings. The van der Waals surface area contributed by atoms with Crippen molar-refractivity contribution < 1.29 is 14.3 Å². The largest absolute Gasteiger partial charge is 0.481 e. The number of carboxylic acid groups (broad SMARTS) is 1. The molecule has 0 bridgehead atoms. The summed E-state index contributed by atoms with van der Waals surface area (Å²) in [6.45, 7) is 0. The van der Waals surface area contributed by atoms with Gasteiger partial charge in [0.05, 0.1) is 11.3 Å². The van der Waals surface area contributed by atoms with E-state index in [2.05, 4.69) is 10.2 Å². The first-order valence-electron chi connectivity index (χ1n) is 5.08. The van der Waals surface area contributed by atoms with E-state index in [9.17, 15) is 9.18 Å². The lowest BCUT2D eigenvalue weighted by Crippen LogP contribution is -2.01. The number of hydrogen-bond acceptors (Lipinski definition) is 4. The average molecular weight is 267 g/mol. The van der Waals surface area contributed by atoms with E-state index in [1.807, 2.05) is 0 Å². The fourth-order valence-electron chi connectivity index (χ4n) is 1.44. The Morgan fingerprint density at radius 2 is 2.17 bits per heavy atom. The number of thioether (sulfide) groups is 1. The van der Waals surface area contributed by atoms with Crippen molar-refractivity contribution in [2.24, 2.45) is 7.05 Å². The van der Waals surface area contributed by atoms with Gasteiger partial charge >= 0.3 is 5.97 Å². The third-order valence-corrected chi connectivity index (χ3v) is 3.28. The van der Waals surface area contributed by atoms with E-state index in [0.717, 1.165) is 11.8 Å². The molecule has 0 amide bonds. The molecule has 0 unspecified atom stereocenters. The van der Waals surface area contributed by atoms with Crippen molar-refractivity contribution in [3.8, 4) is 11.4 Å². The second-order valence-corrected chi connectivity index (χ2v) is 4.47. The number of rotatable bonds is 4. The van der Waals surface area contributed by atoms with Crippen molar-refractivity contribution in [1.29, 1.82) is 0 Å². The summed E-state index contributed by atoms with van der Waals surface area (Å²) in [5.74, 6) is -1.05. The molecule has 0 fully saturated rings. The van der Waals surface area contributed by atoms with E-state index in [1.54, 1.807) is 29.8 Å². The monoisotopic (exact) mass is 267 g/mol. The number of halogens is 1. The quantitative estimate of drug-likeness (QED) is 0.855. The number of carboxylic acids is 1. The fraction of sp³-hybridized carbons (Fsp3) is 0.182. The van der Waals surface area contributed by atoms with Gasteiger partial charge in [-0.25, -0.2) is 4.39 Å². The summed E-state index contributed by atoms with van der Waals surface area (Å²) in [7, 11) is 1.67. The summed E-state index contributed by atoms with van der Waals surface area (Å²) in [5, 5.41) is 16.8. The minimum Gasteiger partial charge on any atom is -0.481 e. The lowest BCUT2D eigenvalue weighted by atomic mass is 10.2. The molecule has 0 saturated heterocycles. The average Bonchev–Trinajstić information content (AvgIpc) is 2.69. The van der Waals surface area contributed by atoms with Crippen LogP contribution in [0.3, 0.4) is 0 Å². The highest BCUT2D eigenvalue weighted by Gasteiger charge is 2.14. The maximum atomic E-state index is 13.6. The zero-order valence-electron chi connectivity index (χ0n) is 9.50. The van der Waals surface area contributed by atoms with E-state index in [1.165, 1.54) is 6.07 Å². The molecule has 0 radical (unpaired) electrons. The molecule has 18 heavy (non-hydrogen) atoms. The Labute approximate surface area is 107 Å². The Kier molecular flexibility index (Phi) is 3.61.